The lowest BCUT2D eigenvalue weighted by Gasteiger charge is -2.07. The smallest absolute Gasteiger partial charge is 0.146 e. The summed E-state index contributed by atoms with van der Waals surface area (Å²) in [6.07, 6.45) is 3.76. The molecule has 0 aliphatic heterocycles. The highest BCUT2D eigenvalue weighted by molar-refractivity contribution is 6.13. The van der Waals surface area contributed by atoms with Gasteiger partial charge in [0.25, 0.3) is 0 Å². The first-order valence-electron chi connectivity index (χ1n) is 6.95. The molecule has 0 fully saturated rings. The number of imidazole rings is 1. The molecule has 98 valence electrons. The standard InChI is InChI=1S/C18H11N3/c1-3-7-16-12(5-1)14-11-19-10-9-13(14)18-20-15-6-2-4-8-17(15)21(16)18/h1-11H. The van der Waals surface area contributed by atoms with Gasteiger partial charge in [0.15, 0.2) is 0 Å². The van der Waals surface area contributed by atoms with Gasteiger partial charge in [-0.3, -0.25) is 9.38 Å². The summed E-state index contributed by atoms with van der Waals surface area (Å²) >= 11 is 0. The van der Waals surface area contributed by atoms with Crippen molar-refractivity contribution in [3.8, 4) is 0 Å². The summed E-state index contributed by atoms with van der Waals surface area (Å²) in [6.45, 7) is 0. The van der Waals surface area contributed by atoms with Crippen LogP contribution in [-0.2, 0) is 0 Å². The van der Waals surface area contributed by atoms with E-state index in [2.05, 4.69) is 51.8 Å². The summed E-state index contributed by atoms with van der Waals surface area (Å²) in [5.41, 5.74) is 4.32. The molecule has 0 atom stereocenters. The number of nitrogens with zero attached hydrogens (tertiary/aromatic N) is 3. The molecule has 0 amide bonds. The second-order valence-electron chi connectivity index (χ2n) is 5.20. The second-order valence-corrected chi connectivity index (χ2v) is 5.20. The van der Waals surface area contributed by atoms with Gasteiger partial charge in [0.1, 0.15) is 5.65 Å². The van der Waals surface area contributed by atoms with Crippen molar-refractivity contribution in [1.29, 1.82) is 0 Å². The number of aromatic nitrogens is 3. The highest BCUT2D eigenvalue weighted by Crippen LogP contribution is 2.31. The average Bonchev–Trinajstić information content (AvgIpc) is 2.95. The highest BCUT2D eigenvalue weighted by atomic mass is 15.0. The molecule has 0 aliphatic rings. The van der Waals surface area contributed by atoms with E-state index in [9.17, 15) is 0 Å². The van der Waals surface area contributed by atoms with Crippen molar-refractivity contribution in [3.63, 3.8) is 0 Å². The summed E-state index contributed by atoms with van der Waals surface area (Å²) < 4.78 is 2.24. The average molecular weight is 269 g/mol. The van der Waals surface area contributed by atoms with Gasteiger partial charge in [0.05, 0.1) is 16.6 Å². The summed E-state index contributed by atoms with van der Waals surface area (Å²) in [5.74, 6) is 0. The van der Waals surface area contributed by atoms with Crippen molar-refractivity contribution >= 4 is 38.4 Å². The van der Waals surface area contributed by atoms with Crippen LogP contribution >= 0.6 is 0 Å². The Balaban J connectivity index is 2.25. The lowest BCUT2D eigenvalue weighted by atomic mass is 10.1. The van der Waals surface area contributed by atoms with E-state index in [1.807, 2.05) is 24.5 Å². The molecular weight excluding hydrogens is 258 g/mol. The van der Waals surface area contributed by atoms with E-state index in [1.165, 1.54) is 10.9 Å². The number of hydrogen-bond donors (Lipinski definition) is 0. The zero-order chi connectivity index (χ0) is 13.8. The minimum absolute atomic E-state index is 0.993. The largest absolute Gasteiger partial charge is 0.292 e. The fourth-order valence-corrected chi connectivity index (χ4v) is 3.15. The van der Waals surface area contributed by atoms with Gasteiger partial charge in [0, 0.05) is 28.6 Å². The fraction of sp³-hybridized carbons (Fsp3) is 0. The monoisotopic (exact) mass is 269 g/mol. The van der Waals surface area contributed by atoms with Crippen LogP contribution in [0.1, 0.15) is 0 Å². The molecule has 3 heteroatoms. The zero-order valence-corrected chi connectivity index (χ0v) is 11.2. The Hall–Kier alpha value is -2.94. The van der Waals surface area contributed by atoms with Crippen LogP contribution < -0.4 is 0 Å². The molecule has 0 saturated carbocycles. The minimum atomic E-state index is 0.993. The number of benzene rings is 2. The van der Waals surface area contributed by atoms with Gasteiger partial charge in [0.2, 0.25) is 0 Å². The number of para-hydroxylation sites is 3. The molecule has 21 heavy (non-hydrogen) atoms. The number of pyridine rings is 2. The maximum Gasteiger partial charge on any atom is 0.146 e. The Kier molecular flexibility index (Phi) is 1.95. The van der Waals surface area contributed by atoms with Crippen LogP contribution in [0.4, 0.5) is 0 Å². The first-order valence-corrected chi connectivity index (χ1v) is 6.95. The van der Waals surface area contributed by atoms with E-state index in [-0.39, 0.29) is 0 Å². The van der Waals surface area contributed by atoms with Crippen molar-refractivity contribution < 1.29 is 0 Å². The van der Waals surface area contributed by atoms with E-state index in [4.69, 9.17) is 4.98 Å². The molecule has 5 rings (SSSR count). The molecule has 3 heterocycles. The lowest BCUT2D eigenvalue weighted by Crippen LogP contribution is -1.91. The molecule has 5 aromatic rings. The van der Waals surface area contributed by atoms with Crippen molar-refractivity contribution in [2.24, 2.45) is 0 Å². The van der Waals surface area contributed by atoms with Crippen LogP contribution in [0.5, 0.6) is 0 Å². The summed E-state index contributed by atoms with van der Waals surface area (Å²) in [4.78, 5) is 9.12. The molecule has 0 N–H and O–H groups in total. The minimum Gasteiger partial charge on any atom is -0.292 e. The van der Waals surface area contributed by atoms with E-state index >= 15 is 0 Å². The van der Waals surface area contributed by atoms with Crippen LogP contribution in [0.15, 0.2) is 67.0 Å². The fourth-order valence-electron chi connectivity index (χ4n) is 3.15. The predicted molar refractivity (Wildman–Crippen MR) is 85.5 cm³/mol. The van der Waals surface area contributed by atoms with Gasteiger partial charge >= 0.3 is 0 Å². The molecule has 0 unspecified atom stereocenters. The van der Waals surface area contributed by atoms with Crippen LogP contribution in [-0.4, -0.2) is 14.4 Å². The van der Waals surface area contributed by atoms with E-state index in [1.54, 1.807) is 0 Å². The predicted octanol–water partition coefficient (Wildman–Crippen LogP) is 4.19. The van der Waals surface area contributed by atoms with E-state index in [0.717, 1.165) is 27.5 Å². The molecule has 3 nitrogen and oxygen atoms in total. The highest BCUT2D eigenvalue weighted by Gasteiger charge is 2.12. The Morgan fingerprint density at radius 1 is 0.714 bits per heavy atom. The third kappa shape index (κ3) is 1.32. The topological polar surface area (TPSA) is 30.2 Å². The first kappa shape index (κ1) is 10.8. The van der Waals surface area contributed by atoms with Crippen molar-refractivity contribution in [1.82, 2.24) is 14.4 Å². The SMILES string of the molecule is c1ccc2c(c1)nc1c3ccncc3c3ccccc3n21. The van der Waals surface area contributed by atoms with Gasteiger partial charge in [-0.1, -0.05) is 30.3 Å². The molecule has 0 radical (unpaired) electrons. The molecule has 0 aliphatic carbocycles. The Morgan fingerprint density at radius 3 is 2.48 bits per heavy atom. The molecule has 0 bridgehead atoms. The van der Waals surface area contributed by atoms with E-state index in [0.29, 0.717) is 0 Å². The third-order valence-electron chi connectivity index (χ3n) is 4.06. The van der Waals surface area contributed by atoms with Crippen molar-refractivity contribution in [3.05, 3.63) is 67.0 Å². The summed E-state index contributed by atoms with van der Waals surface area (Å²) in [6, 6.07) is 18.7. The lowest BCUT2D eigenvalue weighted by molar-refractivity contribution is 1.30. The van der Waals surface area contributed by atoms with E-state index < -0.39 is 0 Å². The molecule has 0 saturated heterocycles. The molecule has 0 spiro atoms. The third-order valence-corrected chi connectivity index (χ3v) is 4.06. The van der Waals surface area contributed by atoms with Gasteiger partial charge in [-0.2, -0.15) is 0 Å². The quantitative estimate of drug-likeness (QED) is 0.395. The summed E-state index contributed by atoms with van der Waals surface area (Å²) in [7, 11) is 0. The van der Waals surface area contributed by atoms with Gasteiger partial charge in [-0.05, 0) is 24.3 Å². The van der Waals surface area contributed by atoms with Crippen LogP contribution in [0.3, 0.4) is 0 Å². The number of rotatable bonds is 0. The van der Waals surface area contributed by atoms with Crippen LogP contribution in [0.2, 0.25) is 0 Å². The molecular formula is C18H11N3. The Labute approximate surface area is 120 Å². The van der Waals surface area contributed by atoms with Gasteiger partial charge < -0.3 is 0 Å². The summed E-state index contributed by atoms with van der Waals surface area (Å²) in [5, 5.41) is 3.49. The second kappa shape index (κ2) is 3.79. The first-order chi connectivity index (χ1) is 10.4. The molecule has 2 aromatic carbocycles. The van der Waals surface area contributed by atoms with Gasteiger partial charge in [-0.15, -0.1) is 0 Å². The maximum absolute atomic E-state index is 4.83. The number of hydrogen-bond acceptors (Lipinski definition) is 2. The van der Waals surface area contributed by atoms with Gasteiger partial charge in [-0.25, -0.2) is 4.98 Å². The number of fused-ring (bicyclic) bond motifs is 8. The van der Waals surface area contributed by atoms with Crippen molar-refractivity contribution in [2.45, 2.75) is 0 Å². The van der Waals surface area contributed by atoms with Crippen LogP contribution in [0, 0.1) is 0 Å². The Bertz CT molecular complexity index is 1140. The molecule has 3 aromatic heterocycles. The maximum atomic E-state index is 4.83. The zero-order valence-electron chi connectivity index (χ0n) is 11.2. The van der Waals surface area contributed by atoms with Crippen molar-refractivity contribution in [2.75, 3.05) is 0 Å². The Morgan fingerprint density at radius 2 is 1.52 bits per heavy atom. The van der Waals surface area contributed by atoms with Crippen LogP contribution in [0.25, 0.3) is 38.4 Å². The normalized spacial score (nSPS) is 11.8.